The molecular formula is C10H18N2OS. The molecule has 3 nitrogen and oxygen atoms in total. The number of carbonyl (C=O) groups excluding carboxylic acids is 1. The Kier molecular flexibility index (Phi) is 3.34. The fourth-order valence-electron chi connectivity index (χ4n) is 2.37. The Morgan fingerprint density at radius 3 is 2.79 bits per heavy atom. The third-order valence-electron chi connectivity index (χ3n) is 3.05. The molecule has 0 bridgehead atoms. The van der Waals surface area contributed by atoms with Crippen LogP contribution in [-0.4, -0.2) is 47.5 Å². The molecule has 0 spiro atoms. The number of hydrogen-bond acceptors (Lipinski definition) is 3. The quantitative estimate of drug-likeness (QED) is 0.697. The maximum absolute atomic E-state index is 11.8. The zero-order valence-corrected chi connectivity index (χ0v) is 9.48. The normalized spacial score (nSPS) is 30.8. The van der Waals surface area contributed by atoms with Gasteiger partial charge >= 0.3 is 0 Å². The van der Waals surface area contributed by atoms with Crippen LogP contribution >= 0.6 is 11.8 Å². The molecule has 0 aromatic rings. The van der Waals surface area contributed by atoms with Crippen LogP contribution in [0.3, 0.4) is 0 Å². The summed E-state index contributed by atoms with van der Waals surface area (Å²) >= 11 is 1.77. The summed E-state index contributed by atoms with van der Waals surface area (Å²) < 4.78 is 0. The van der Waals surface area contributed by atoms with Crippen molar-refractivity contribution in [3.8, 4) is 0 Å². The van der Waals surface area contributed by atoms with Crippen molar-refractivity contribution >= 4 is 17.7 Å². The molecule has 1 N–H and O–H groups in total. The van der Waals surface area contributed by atoms with E-state index in [0.717, 1.165) is 31.7 Å². The van der Waals surface area contributed by atoms with Crippen LogP contribution in [0.1, 0.15) is 19.8 Å². The lowest BCUT2D eigenvalue weighted by atomic mass is 10.0. The van der Waals surface area contributed by atoms with E-state index in [1.165, 1.54) is 0 Å². The van der Waals surface area contributed by atoms with Crippen LogP contribution in [0.4, 0.5) is 0 Å². The predicted octanol–water partition coefficient (Wildman–Crippen LogP) is 0.702. The van der Waals surface area contributed by atoms with Gasteiger partial charge in [0.1, 0.15) is 0 Å². The van der Waals surface area contributed by atoms with E-state index in [1.54, 1.807) is 11.8 Å². The van der Waals surface area contributed by atoms with Crippen LogP contribution < -0.4 is 5.32 Å². The highest BCUT2D eigenvalue weighted by atomic mass is 32.2. The first-order chi connectivity index (χ1) is 6.79. The average molecular weight is 214 g/mol. The molecule has 1 unspecified atom stereocenters. The second kappa shape index (κ2) is 4.53. The van der Waals surface area contributed by atoms with Crippen molar-refractivity contribution in [2.75, 3.05) is 24.6 Å². The molecule has 2 fully saturated rings. The molecule has 4 heteroatoms. The first-order valence-electron chi connectivity index (χ1n) is 5.38. The second-order valence-electron chi connectivity index (χ2n) is 4.15. The third-order valence-corrected chi connectivity index (χ3v) is 4.22. The maximum atomic E-state index is 11.8. The minimum Gasteiger partial charge on any atom is -0.335 e. The number of hydrogen-bond donors (Lipinski definition) is 1. The molecule has 2 aliphatic rings. The Labute approximate surface area is 89.6 Å². The molecule has 2 heterocycles. The fourth-order valence-corrected chi connectivity index (χ4v) is 3.31. The first kappa shape index (κ1) is 10.3. The number of rotatable bonds is 1. The molecule has 14 heavy (non-hydrogen) atoms. The summed E-state index contributed by atoms with van der Waals surface area (Å²) in [7, 11) is 0. The van der Waals surface area contributed by atoms with E-state index in [9.17, 15) is 4.79 Å². The SMILES string of the molecule is CC1CSCC(=O)N1C1CCNCC1. The summed E-state index contributed by atoms with van der Waals surface area (Å²) in [6.45, 7) is 4.30. The smallest absolute Gasteiger partial charge is 0.233 e. The molecular weight excluding hydrogens is 196 g/mol. The summed E-state index contributed by atoms with van der Waals surface area (Å²) in [5.41, 5.74) is 0. The molecule has 0 aromatic heterocycles. The summed E-state index contributed by atoms with van der Waals surface area (Å²) in [6.07, 6.45) is 2.25. The number of piperidine rings is 1. The Morgan fingerprint density at radius 1 is 1.43 bits per heavy atom. The van der Waals surface area contributed by atoms with E-state index in [-0.39, 0.29) is 0 Å². The van der Waals surface area contributed by atoms with Gasteiger partial charge in [0.2, 0.25) is 5.91 Å². The second-order valence-corrected chi connectivity index (χ2v) is 5.18. The summed E-state index contributed by atoms with van der Waals surface area (Å²) in [6, 6.07) is 0.934. The van der Waals surface area contributed by atoms with Crippen molar-refractivity contribution in [1.82, 2.24) is 10.2 Å². The van der Waals surface area contributed by atoms with Gasteiger partial charge in [-0.25, -0.2) is 0 Å². The summed E-state index contributed by atoms with van der Waals surface area (Å²) in [5, 5.41) is 3.34. The largest absolute Gasteiger partial charge is 0.335 e. The highest BCUT2D eigenvalue weighted by Gasteiger charge is 2.31. The van der Waals surface area contributed by atoms with Gasteiger partial charge in [-0.2, -0.15) is 0 Å². The highest BCUT2D eigenvalue weighted by Crippen LogP contribution is 2.23. The lowest BCUT2D eigenvalue weighted by Gasteiger charge is -2.41. The van der Waals surface area contributed by atoms with Gasteiger partial charge in [-0.05, 0) is 32.9 Å². The zero-order valence-electron chi connectivity index (χ0n) is 8.66. The molecule has 2 rings (SSSR count). The third kappa shape index (κ3) is 2.06. The average Bonchev–Trinajstić information content (AvgIpc) is 2.19. The fraction of sp³-hybridized carbons (Fsp3) is 0.900. The molecule has 1 atom stereocenters. The monoisotopic (exact) mass is 214 g/mol. The maximum Gasteiger partial charge on any atom is 0.233 e. The summed E-state index contributed by atoms with van der Waals surface area (Å²) in [4.78, 5) is 13.9. The minimum atomic E-state index is 0.348. The number of thioether (sulfide) groups is 1. The summed E-state index contributed by atoms with van der Waals surface area (Å²) in [5.74, 6) is 2.14. The van der Waals surface area contributed by atoms with E-state index in [1.807, 2.05) is 0 Å². The molecule has 0 saturated carbocycles. The standard InChI is InChI=1S/C10H18N2OS/c1-8-6-14-7-10(13)12(8)9-2-4-11-5-3-9/h8-9,11H,2-7H2,1H3. The Balaban J connectivity index is 2.01. The van der Waals surface area contributed by atoms with Crippen LogP contribution in [0, 0.1) is 0 Å². The van der Waals surface area contributed by atoms with E-state index >= 15 is 0 Å². The van der Waals surface area contributed by atoms with Crippen molar-refractivity contribution in [2.24, 2.45) is 0 Å². The van der Waals surface area contributed by atoms with E-state index in [2.05, 4.69) is 17.1 Å². The van der Waals surface area contributed by atoms with Crippen LogP contribution in [-0.2, 0) is 4.79 Å². The Hall–Kier alpha value is -0.220. The molecule has 2 saturated heterocycles. The number of carbonyl (C=O) groups is 1. The number of nitrogens with zero attached hydrogens (tertiary/aromatic N) is 1. The topological polar surface area (TPSA) is 32.3 Å². The van der Waals surface area contributed by atoms with E-state index in [4.69, 9.17) is 0 Å². The van der Waals surface area contributed by atoms with Gasteiger partial charge in [-0.15, -0.1) is 11.8 Å². The Bertz CT molecular complexity index is 216. The van der Waals surface area contributed by atoms with Crippen molar-refractivity contribution < 1.29 is 4.79 Å². The van der Waals surface area contributed by atoms with Crippen LogP contribution in [0.15, 0.2) is 0 Å². The molecule has 0 aromatic carbocycles. The molecule has 80 valence electrons. The van der Waals surface area contributed by atoms with Crippen molar-refractivity contribution in [2.45, 2.75) is 31.8 Å². The zero-order chi connectivity index (χ0) is 9.97. The van der Waals surface area contributed by atoms with Crippen LogP contribution in [0.25, 0.3) is 0 Å². The van der Waals surface area contributed by atoms with Gasteiger partial charge in [0, 0.05) is 17.8 Å². The molecule has 1 amide bonds. The van der Waals surface area contributed by atoms with Crippen molar-refractivity contribution in [3.63, 3.8) is 0 Å². The molecule has 0 radical (unpaired) electrons. The van der Waals surface area contributed by atoms with Gasteiger partial charge in [0.25, 0.3) is 0 Å². The van der Waals surface area contributed by atoms with Gasteiger partial charge in [-0.1, -0.05) is 0 Å². The van der Waals surface area contributed by atoms with Crippen LogP contribution in [0.5, 0.6) is 0 Å². The van der Waals surface area contributed by atoms with E-state index < -0.39 is 0 Å². The van der Waals surface area contributed by atoms with Gasteiger partial charge in [0.15, 0.2) is 0 Å². The number of amides is 1. The minimum absolute atomic E-state index is 0.348. The van der Waals surface area contributed by atoms with Crippen molar-refractivity contribution in [1.29, 1.82) is 0 Å². The lowest BCUT2D eigenvalue weighted by molar-refractivity contribution is -0.133. The van der Waals surface area contributed by atoms with Gasteiger partial charge in [0.05, 0.1) is 5.75 Å². The van der Waals surface area contributed by atoms with Crippen LogP contribution in [0.2, 0.25) is 0 Å². The molecule has 2 aliphatic heterocycles. The highest BCUT2D eigenvalue weighted by molar-refractivity contribution is 8.00. The van der Waals surface area contributed by atoms with E-state index in [0.29, 0.717) is 23.7 Å². The van der Waals surface area contributed by atoms with Gasteiger partial charge in [-0.3, -0.25) is 4.79 Å². The van der Waals surface area contributed by atoms with Crippen molar-refractivity contribution in [3.05, 3.63) is 0 Å². The lowest BCUT2D eigenvalue weighted by Crippen LogP contribution is -2.53. The first-order valence-corrected chi connectivity index (χ1v) is 6.54. The molecule has 0 aliphatic carbocycles. The van der Waals surface area contributed by atoms with Gasteiger partial charge < -0.3 is 10.2 Å². The number of nitrogens with one attached hydrogen (secondary N) is 1. The Morgan fingerprint density at radius 2 is 2.14 bits per heavy atom. The predicted molar refractivity (Wildman–Crippen MR) is 59.5 cm³/mol.